The third-order valence-electron chi connectivity index (χ3n) is 3.72. The molecular weight excluding hydrogens is 210 g/mol. The second-order valence-electron chi connectivity index (χ2n) is 5.13. The first-order chi connectivity index (χ1) is 8.38. The normalized spacial score (nSPS) is 18.4. The minimum atomic E-state index is 0.206. The predicted molar refractivity (Wildman–Crippen MR) is 71.0 cm³/mol. The van der Waals surface area contributed by atoms with Crippen LogP contribution in [-0.4, -0.2) is 24.3 Å². The van der Waals surface area contributed by atoms with E-state index in [1.165, 1.54) is 31.2 Å². The molecule has 2 nitrogen and oxygen atoms in total. The van der Waals surface area contributed by atoms with Crippen molar-refractivity contribution in [2.24, 2.45) is 5.92 Å². The zero-order chi connectivity index (χ0) is 11.9. The zero-order valence-corrected chi connectivity index (χ0v) is 10.4. The van der Waals surface area contributed by atoms with E-state index in [0.29, 0.717) is 0 Å². The predicted octanol–water partition coefficient (Wildman–Crippen LogP) is 2.37. The second-order valence-corrected chi connectivity index (χ2v) is 5.13. The standard InChI is InChI=1S/C15H23NO/c17-12-15(10-13-6-2-1-3-7-13)16-11-14-8-4-5-9-14/h1-3,6-7,14-17H,4-5,8-12H2. The van der Waals surface area contributed by atoms with Gasteiger partial charge in [-0.15, -0.1) is 0 Å². The molecule has 0 saturated heterocycles. The Kier molecular flexibility index (Phi) is 5.02. The number of hydrogen-bond donors (Lipinski definition) is 2. The molecule has 2 N–H and O–H groups in total. The Labute approximate surface area is 104 Å². The Balaban J connectivity index is 1.76. The minimum Gasteiger partial charge on any atom is -0.395 e. The fourth-order valence-electron chi connectivity index (χ4n) is 2.65. The summed E-state index contributed by atoms with van der Waals surface area (Å²) in [7, 11) is 0. The van der Waals surface area contributed by atoms with Gasteiger partial charge in [0, 0.05) is 6.04 Å². The van der Waals surface area contributed by atoms with Crippen LogP contribution >= 0.6 is 0 Å². The molecule has 1 aliphatic carbocycles. The molecule has 0 amide bonds. The smallest absolute Gasteiger partial charge is 0.0587 e. The van der Waals surface area contributed by atoms with Crippen molar-refractivity contribution in [1.29, 1.82) is 0 Å². The molecule has 0 spiro atoms. The number of benzene rings is 1. The summed E-state index contributed by atoms with van der Waals surface area (Å²) in [4.78, 5) is 0. The van der Waals surface area contributed by atoms with E-state index >= 15 is 0 Å². The molecule has 0 radical (unpaired) electrons. The first kappa shape index (κ1) is 12.6. The molecule has 1 aliphatic rings. The number of hydrogen-bond acceptors (Lipinski definition) is 2. The molecule has 94 valence electrons. The van der Waals surface area contributed by atoms with Crippen LogP contribution in [0.3, 0.4) is 0 Å². The topological polar surface area (TPSA) is 32.3 Å². The molecule has 2 rings (SSSR count). The summed E-state index contributed by atoms with van der Waals surface area (Å²) in [5.41, 5.74) is 1.30. The van der Waals surface area contributed by atoms with Gasteiger partial charge in [0.15, 0.2) is 0 Å². The molecule has 2 heteroatoms. The molecule has 1 fully saturated rings. The van der Waals surface area contributed by atoms with Crippen LogP contribution in [0.2, 0.25) is 0 Å². The summed E-state index contributed by atoms with van der Waals surface area (Å²) in [5, 5.41) is 12.9. The van der Waals surface area contributed by atoms with Crippen molar-refractivity contribution in [2.75, 3.05) is 13.2 Å². The van der Waals surface area contributed by atoms with Crippen LogP contribution < -0.4 is 5.32 Å². The van der Waals surface area contributed by atoms with Gasteiger partial charge in [0.05, 0.1) is 6.61 Å². The average Bonchev–Trinajstić information content (AvgIpc) is 2.89. The van der Waals surface area contributed by atoms with Crippen LogP contribution in [-0.2, 0) is 6.42 Å². The van der Waals surface area contributed by atoms with Crippen LogP contribution in [0.15, 0.2) is 30.3 Å². The summed E-state index contributed by atoms with van der Waals surface area (Å²) in [5.74, 6) is 0.833. The molecule has 1 aromatic rings. The van der Waals surface area contributed by atoms with Gasteiger partial charge in [-0.25, -0.2) is 0 Å². The van der Waals surface area contributed by atoms with Crippen molar-refractivity contribution in [3.63, 3.8) is 0 Å². The Morgan fingerprint density at radius 1 is 1.18 bits per heavy atom. The van der Waals surface area contributed by atoms with Crippen LogP contribution in [0.25, 0.3) is 0 Å². The van der Waals surface area contributed by atoms with Gasteiger partial charge >= 0.3 is 0 Å². The molecule has 1 unspecified atom stereocenters. The lowest BCUT2D eigenvalue weighted by atomic mass is 10.0. The molecule has 0 aromatic heterocycles. The summed E-state index contributed by atoms with van der Waals surface area (Å²) >= 11 is 0. The molecule has 0 heterocycles. The lowest BCUT2D eigenvalue weighted by molar-refractivity contribution is 0.236. The third-order valence-corrected chi connectivity index (χ3v) is 3.72. The van der Waals surface area contributed by atoms with E-state index in [4.69, 9.17) is 0 Å². The van der Waals surface area contributed by atoms with Crippen LogP contribution in [0.1, 0.15) is 31.2 Å². The maximum absolute atomic E-state index is 9.40. The summed E-state index contributed by atoms with van der Waals surface area (Å²) < 4.78 is 0. The monoisotopic (exact) mass is 233 g/mol. The van der Waals surface area contributed by atoms with Crippen molar-refractivity contribution in [3.05, 3.63) is 35.9 Å². The zero-order valence-electron chi connectivity index (χ0n) is 10.4. The number of rotatable bonds is 6. The van der Waals surface area contributed by atoms with Gasteiger partial charge in [-0.05, 0) is 37.3 Å². The lowest BCUT2D eigenvalue weighted by Crippen LogP contribution is -2.37. The highest BCUT2D eigenvalue weighted by atomic mass is 16.3. The van der Waals surface area contributed by atoms with Crippen LogP contribution in [0, 0.1) is 5.92 Å². The van der Waals surface area contributed by atoms with Gasteiger partial charge in [-0.1, -0.05) is 43.2 Å². The number of nitrogens with one attached hydrogen (secondary N) is 1. The molecule has 0 aliphatic heterocycles. The maximum atomic E-state index is 9.40. The van der Waals surface area contributed by atoms with Crippen molar-refractivity contribution < 1.29 is 5.11 Å². The van der Waals surface area contributed by atoms with Crippen LogP contribution in [0.4, 0.5) is 0 Å². The largest absolute Gasteiger partial charge is 0.395 e. The van der Waals surface area contributed by atoms with Crippen molar-refractivity contribution in [2.45, 2.75) is 38.1 Å². The summed E-state index contributed by atoms with van der Waals surface area (Å²) in [6, 6.07) is 10.6. The highest BCUT2D eigenvalue weighted by Crippen LogP contribution is 2.23. The lowest BCUT2D eigenvalue weighted by Gasteiger charge is -2.19. The molecular formula is C15H23NO. The molecule has 1 aromatic carbocycles. The van der Waals surface area contributed by atoms with Gasteiger partial charge in [0.2, 0.25) is 0 Å². The molecule has 0 bridgehead atoms. The van der Waals surface area contributed by atoms with E-state index in [1.807, 2.05) is 6.07 Å². The van der Waals surface area contributed by atoms with E-state index in [9.17, 15) is 5.11 Å². The number of aliphatic hydroxyl groups is 1. The van der Waals surface area contributed by atoms with Gasteiger partial charge < -0.3 is 10.4 Å². The minimum absolute atomic E-state index is 0.206. The van der Waals surface area contributed by atoms with Gasteiger partial charge in [0.25, 0.3) is 0 Å². The quantitative estimate of drug-likeness (QED) is 0.790. The van der Waals surface area contributed by atoms with E-state index in [1.54, 1.807) is 0 Å². The molecule has 1 saturated carbocycles. The highest BCUT2D eigenvalue weighted by molar-refractivity contribution is 5.15. The van der Waals surface area contributed by atoms with E-state index in [0.717, 1.165) is 18.9 Å². The van der Waals surface area contributed by atoms with E-state index in [2.05, 4.69) is 29.6 Å². The number of aliphatic hydroxyl groups excluding tert-OH is 1. The fraction of sp³-hybridized carbons (Fsp3) is 0.600. The second kappa shape index (κ2) is 6.77. The van der Waals surface area contributed by atoms with E-state index < -0.39 is 0 Å². The van der Waals surface area contributed by atoms with Crippen LogP contribution in [0.5, 0.6) is 0 Å². The Morgan fingerprint density at radius 3 is 2.53 bits per heavy atom. The SMILES string of the molecule is OCC(Cc1ccccc1)NCC1CCCC1. The van der Waals surface area contributed by atoms with Crippen molar-refractivity contribution >= 4 is 0 Å². The fourth-order valence-corrected chi connectivity index (χ4v) is 2.65. The van der Waals surface area contributed by atoms with Crippen molar-refractivity contribution in [1.82, 2.24) is 5.32 Å². The van der Waals surface area contributed by atoms with Gasteiger partial charge in [-0.2, -0.15) is 0 Å². The maximum Gasteiger partial charge on any atom is 0.0587 e. The first-order valence-corrected chi connectivity index (χ1v) is 6.76. The molecule has 1 atom stereocenters. The summed E-state index contributed by atoms with van der Waals surface area (Å²) in [6.45, 7) is 1.29. The Bertz CT molecular complexity index is 306. The Morgan fingerprint density at radius 2 is 1.88 bits per heavy atom. The highest BCUT2D eigenvalue weighted by Gasteiger charge is 2.16. The van der Waals surface area contributed by atoms with Gasteiger partial charge in [-0.3, -0.25) is 0 Å². The summed E-state index contributed by atoms with van der Waals surface area (Å²) in [6.07, 6.45) is 6.40. The molecule has 17 heavy (non-hydrogen) atoms. The Hall–Kier alpha value is -0.860. The third kappa shape index (κ3) is 4.14. The van der Waals surface area contributed by atoms with Gasteiger partial charge in [0.1, 0.15) is 0 Å². The van der Waals surface area contributed by atoms with Crippen molar-refractivity contribution in [3.8, 4) is 0 Å². The van der Waals surface area contributed by atoms with E-state index in [-0.39, 0.29) is 12.6 Å². The first-order valence-electron chi connectivity index (χ1n) is 6.76. The average molecular weight is 233 g/mol.